The van der Waals surface area contributed by atoms with E-state index in [1.165, 1.54) is 5.56 Å². The lowest BCUT2D eigenvalue weighted by Crippen LogP contribution is -2.01. The zero-order valence-electron chi connectivity index (χ0n) is 13.0. The molecule has 0 unspecified atom stereocenters. The first-order valence-corrected chi connectivity index (χ1v) is 7.75. The molecular weight excluding hydrogens is 272 g/mol. The topological polar surface area (TPSA) is 35.0 Å². The lowest BCUT2D eigenvalue weighted by atomic mass is 10.0. The van der Waals surface area contributed by atoms with Gasteiger partial charge in [-0.1, -0.05) is 61.4 Å². The molecule has 0 radical (unpaired) electrons. The van der Waals surface area contributed by atoms with Crippen molar-refractivity contribution in [2.45, 2.75) is 26.7 Å². The van der Waals surface area contributed by atoms with Crippen molar-refractivity contribution < 1.29 is 4.74 Å². The van der Waals surface area contributed by atoms with Gasteiger partial charge in [0.05, 0.1) is 6.61 Å². The van der Waals surface area contributed by atoms with Crippen molar-refractivity contribution in [2.75, 3.05) is 6.61 Å². The number of nitrogens with zero attached hydrogens (tertiary/aromatic N) is 2. The Morgan fingerprint density at radius 3 is 2.36 bits per heavy atom. The Hall–Kier alpha value is -2.42. The number of benzene rings is 2. The van der Waals surface area contributed by atoms with E-state index in [1.807, 2.05) is 18.2 Å². The maximum absolute atomic E-state index is 5.80. The summed E-state index contributed by atoms with van der Waals surface area (Å²) < 4.78 is 5.80. The second-order valence-corrected chi connectivity index (χ2v) is 5.47. The van der Waals surface area contributed by atoms with Crippen LogP contribution in [0.2, 0.25) is 0 Å². The highest BCUT2D eigenvalue weighted by Crippen LogP contribution is 2.30. The predicted molar refractivity (Wildman–Crippen MR) is 90.1 cm³/mol. The summed E-state index contributed by atoms with van der Waals surface area (Å²) in [4.78, 5) is 0. The van der Waals surface area contributed by atoms with Crippen molar-refractivity contribution in [2.24, 2.45) is 0 Å². The number of aromatic nitrogens is 2. The van der Waals surface area contributed by atoms with Crippen LogP contribution in [0.25, 0.3) is 22.0 Å². The van der Waals surface area contributed by atoms with Crippen molar-refractivity contribution in [3.05, 3.63) is 54.1 Å². The molecule has 0 aliphatic rings. The largest absolute Gasteiger partial charge is 0.476 e. The number of aryl methyl sites for hydroxylation is 1. The fourth-order valence-corrected chi connectivity index (χ4v) is 2.42. The van der Waals surface area contributed by atoms with E-state index in [9.17, 15) is 0 Å². The SMILES string of the molecule is CCCCOc1nnc(-c2ccc(C)cc2)c2ccccc12. The van der Waals surface area contributed by atoms with E-state index in [0.29, 0.717) is 12.5 Å². The van der Waals surface area contributed by atoms with Crippen LogP contribution in [-0.2, 0) is 0 Å². The Balaban J connectivity index is 2.06. The highest BCUT2D eigenvalue weighted by molar-refractivity contribution is 5.96. The molecule has 0 aliphatic heterocycles. The molecule has 0 fully saturated rings. The van der Waals surface area contributed by atoms with Crippen molar-refractivity contribution in [3.8, 4) is 17.1 Å². The third-order valence-electron chi connectivity index (χ3n) is 3.72. The molecule has 112 valence electrons. The Bertz CT molecular complexity index is 766. The quantitative estimate of drug-likeness (QED) is 0.634. The third kappa shape index (κ3) is 2.93. The van der Waals surface area contributed by atoms with Crippen molar-refractivity contribution in [3.63, 3.8) is 0 Å². The van der Waals surface area contributed by atoms with Gasteiger partial charge < -0.3 is 4.74 Å². The Morgan fingerprint density at radius 2 is 1.64 bits per heavy atom. The Labute approximate surface area is 131 Å². The standard InChI is InChI=1S/C19H20N2O/c1-3-4-13-22-19-17-8-6-5-7-16(17)18(20-21-19)15-11-9-14(2)10-12-15/h5-12H,3-4,13H2,1-2H3. The zero-order chi connectivity index (χ0) is 15.4. The van der Waals surface area contributed by atoms with Crippen LogP contribution in [0.5, 0.6) is 5.88 Å². The van der Waals surface area contributed by atoms with Crippen LogP contribution in [-0.4, -0.2) is 16.8 Å². The molecule has 0 bridgehead atoms. The Morgan fingerprint density at radius 1 is 0.909 bits per heavy atom. The monoisotopic (exact) mass is 292 g/mol. The number of rotatable bonds is 5. The van der Waals surface area contributed by atoms with Gasteiger partial charge in [-0.2, -0.15) is 0 Å². The smallest absolute Gasteiger partial charge is 0.241 e. The summed E-state index contributed by atoms with van der Waals surface area (Å²) in [7, 11) is 0. The first kappa shape index (κ1) is 14.5. The van der Waals surface area contributed by atoms with E-state index in [-0.39, 0.29) is 0 Å². The van der Waals surface area contributed by atoms with E-state index < -0.39 is 0 Å². The number of hydrogen-bond acceptors (Lipinski definition) is 3. The van der Waals surface area contributed by atoms with Gasteiger partial charge in [-0.25, -0.2) is 0 Å². The molecule has 0 atom stereocenters. The summed E-state index contributed by atoms with van der Waals surface area (Å²) in [6.45, 7) is 4.91. The van der Waals surface area contributed by atoms with Crippen molar-refractivity contribution in [1.29, 1.82) is 0 Å². The van der Waals surface area contributed by atoms with Gasteiger partial charge in [-0.15, -0.1) is 10.2 Å². The van der Waals surface area contributed by atoms with E-state index in [4.69, 9.17) is 4.74 Å². The summed E-state index contributed by atoms with van der Waals surface area (Å²) in [6.07, 6.45) is 2.13. The van der Waals surface area contributed by atoms with Gasteiger partial charge in [0.25, 0.3) is 0 Å². The van der Waals surface area contributed by atoms with Crippen LogP contribution in [0.1, 0.15) is 25.3 Å². The second kappa shape index (κ2) is 6.56. The van der Waals surface area contributed by atoms with E-state index in [0.717, 1.165) is 34.9 Å². The molecule has 3 heteroatoms. The van der Waals surface area contributed by atoms with Gasteiger partial charge in [0.15, 0.2) is 0 Å². The molecule has 3 rings (SSSR count). The molecule has 3 aromatic rings. The molecule has 22 heavy (non-hydrogen) atoms. The second-order valence-electron chi connectivity index (χ2n) is 5.47. The molecule has 0 saturated heterocycles. The number of hydrogen-bond donors (Lipinski definition) is 0. The van der Waals surface area contributed by atoms with E-state index in [2.05, 4.69) is 54.4 Å². The summed E-state index contributed by atoms with van der Waals surface area (Å²) in [5.41, 5.74) is 3.22. The minimum absolute atomic E-state index is 0.625. The number of ether oxygens (including phenoxy) is 1. The summed E-state index contributed by atoms with van der Waals surface area (Å²) in [5.74, 6) is 0.625. The first-order chi connectivity index (χ1) is 10.8. The van der Waals surface area contributed by atoms with Crippen LogP contribution < -0.4 is 4.74 Å². The summed E-state index contributed by atoms with van der Waals surface area (Å²) in [6, 6.07) is 16.5. The average molecular weight is 292 g/mol. The fourth-order valence-electron chi connectivity index (χ4n) is 2.42. The highest BCUT2D eigenvalue weighted by atomic mass is 16.5. The minimum atomic E-state index is 0.625. The molecule has 0 saturated carbocycles. The van der Waals surface area contributed by atoms with Crippen molar-refractivity contribution in [1.82, 2.24) is 10.2 Å². The molecule has 0 spiro atoms. The van der Waals surface area contributed by atoms with Gasteiger partial charge >= 0.3 is 0 Å². The highest BCUT2D eigenvalue weighted by Gasteiger charge is 2.11. The first-order valence-electron chi connectivity index (χ1n) is 7.75. The maximum Gasteiger partial charge on any atom is 0.241 e. The van der Waals surface area contributed by atoms with Crippen LogP contribution >= 0.6 is 0 Å². The van der Waals surface area contributed by atoms with Crippen LogP contribution in [0.4, 0.5) is 0 Å². The average Bonchev–Trinajstić information content (AvgIpc) is 2.56. The zero-order valence-corrected chi connectivity index (χ0v) is 13.0. The molecule has 0 aliphatic carbocycles. The molecule has 3 nitrogen and oxygen atoms in total. The summed E-state index contributed by atoms with van der Waals surface area (Å²) in [5, 5.41) is 10.8. The summed E-state index contributed by atoms with van der Waals surface area (Å²) >= 11 is 0. The fraction of sp³-hybridized carbons (Fsp3) is 0.263. The molecule has 1 heterocycles. The molecule has 0 amide bonds. The van der Waals surface area contributed by atoms with E-state index in [1.54, 1.807) is 0 Å². The van der Waals surface area contributed by atoms with Gasteiger partial charge in [0.1, 0.15) is 5.69 Å². The van der Waals surface area contributed by atoms with Gasteiger partial charge in [0, 0.05) is 16.3 Å². The molecular formula is C19H20N2O. The van der Waals surface area contributed by atoms with Crippen molar-refractivity contribution >= 4 is 10.8 Å². The Kier molecular flexibility index (Phi) is 4.33. The lowest BCUT2D eigenvalue weighted by molar-refractivity contribution is 0.298. The molecule has 1 aromatic heterocycles. The van der Waals surface area contributed by atoms with Gasteiger partial charge in [-0.3, -0.25) is 0 Å². The van der Waals surface area contributed by atoms with Gasteiger partial charge in [0.2, 0.25) is 5.88 Å². The van der Waals surface area contributed by atoms with Crippen LogP contribution in [0.3, 0.4) is 0 Å². The van der Waals surface area contributed by atoms with Crippen LogP contribution in [0, 0.1) is 6.92 Å². The number of unbranched alkanes of at least 4 members (excludes halogenated alkanes) is 1. The van der Waals surface area contributed by atoms with Gasteiger partial charge in [-0.05, 0) is 19.4 Å². The maximum atomic E-state index is 5.80. The minimum Gasteiger partial charge on any atom is -0.476 e. The van der Waals surface area contributed by atoms with E-state index >= 15 is 0 Å². The number of fused-ring (bicyclic) bond motifs is 1. The lowest BCUT2D eigenvalue weighted by Gasteiger charge is -2.10. The third-order valence-corrected chi connectivity index (χ3v) is 3.72. The predicted octanol–water partition coefficient (Wildman–Crippen LogP) is 4.78. The molecule has 2 aromatic carbocycles. The van der Waals surface area contributed by atoms with Crippen LogP contribution in [0.15, 0.2) is 48.5 Å². The normalized spacial score (nSPS) is 10.8. The molecule has 0 N–H and O–H groups in total.